The SMILES string of the molecule is Cc1c(-c2nc(N3CCC(C(C)N)CC3)n[nH]2)cnn1C. The van der Waals surface area contributed by atoms with Crippen molar-refractivity contribution in [3.8, 4) is 11.4 Å². The number of nitrogens with two attached hydrogens (primary N) is 1. The van der Waals surface area contributed by atoms with E-state index in [4.69, 9.17) is 5.73 Å². The predicted octanol–water partition coefficient (Wildman–Crippen LogP) is 1.08. The highest BCUT2D eigenvalue weighted by Gasteiger charge is 2.24. The topological polar surface area (TPSA) is 88.7 Å². The van der Waals surface area contributed by atoms with E-state index in [0.717, 1.165) is 49.0 Å². The van der Waals surface area contributed by atoms with Crippen molar-refractivity contribution in [3.05, 3.63) is 11.9 Å². The Hall–Kier alpha value is -1.89. The van der Waals surface area contributed by atoms with Gasteiger partial charge in [0, 0.05) is 31.9 Å². The molecule has 0 amide bonds. The second-order valence-electron chi connectivity index (χ2n) is 5.93. The molecule has 21 heavy (non-hydrogen) atoms. The zero-order chi connectivity index (χ0) is 15.0. The van der Waals surface area contributed by atoms with Crippen LogP contribution in [0.3, 0.4) is 0 Å². The number of aromatic nitrogens is 5. The van der Waals surface area contributed by atoms with Crippen LogP contribution in [0.5, 0.6) is 0 Å². The fourth-order valence-electron chi connectivity index (χ4n) is 2.87. The first-order valence-electron chi connectivity index (χ1n) is 7.48. The Morgan fingerprint density at radius 3 is 2.67 bits per heavy atom. The maximum absolute atomic E-state index is 5.99. The van der Waals surface area contributed by atoms with Gasteiger partial charge in [-0.05, 0) is 32.6 Å². The van der Waals surface area contributed by atoms with E-state index < -0.39 is 0 Å². The van der Waals surface area contributed by atoms with Gasteiger partial charge in [0.15, 0.2) is 5.82 Å². The zero-order valence-electron chi connectivity index (χ0n) is 12.9. The molecule has 1 atom stereocenters. The van der Waals surface area contributed by atoms with Gasteiger partial charge in [-0.2, -0.15) is 10.1 Å². The fourth-order valence-corrected chi connectivity index (χ4v) is 2.87. The van der Waals surface area contributed by atoms with Crippen molar-refractivity contribution in [3.63, 3.8) is 0 Å². The molecule has 3 rings (SSSR count). The molecule has 1 aliphatic heterocycles. The van der Waals surface area contributed by atoms with Gasteiger partial charge in [0.1, 0.15) is 0 Å². The van der Waals surface area contributed by atoms with Crippen molar-refractivity contribution in [2.45, 2.75) is 32.7 Å². The van der Waals surface area contributed by atoms with Crippen LogP contribution in [0, 0.1) is 12.8 Å². The molecule has 0 radical (unpaired) electrons. The van der Waals surface area contributed by atoms with Crippen LogP contribution in [0.1, 0.15) is 25.5 Å². The van der Waals surface area contributed by atoms with Gasteiger partial charge in [0.25, 0.3) is 0 Å². The number of aromatic amines is 1. The lowest BCUT2D eigenvalue weighted by molar-refractivity contribution is 0.352. The molecule has 1 aliphatic rings. The van der Waals surface area contributed by atoms with Crippen LogP contribution in [-0.2, 0) is 7.05 Å². The number of aryl methyl sites for hydroxylation is 1. The number of hydrogen-bond acceptors (Lipinski definition) is 5. The monoisotopic (exact) mass is 289 g/mol. The number of rotatable bonds is 3. The number of piperidine rings is 1. The average molecular weight is 289 g/mol. The summed E-state index contributed by atoms with van der Waals surface area (Å²) in [6, 6.07) is 0.271. The van der Waals surface area contributed by atoms with Crippen LogP contribution in [0.25, 0.3) is 11.4 Å². The molecule has 3 N–H and O–H groups in total. The largest absolute Gasteiger partial charge is 0.340 e. The first kappa shape index (κ1) is 14.1. The summed E-state index contributed by atoms with van der Waals surface area (Å²) in [6.45, 7) is 6.06. The van der Waals surface area contributed by atoms with E-state index in [9.17, 15) is 0 Å². The predicted molar refractivity (Wildman–Crippen MR) is 81.9 cm³/mol. The Kier molecular flexibility index (Phi) is 3.67. The van der Waals surface area contributed by atoms with Crippen LogP contribution in [-0.4, -0.2) is 44.1 Å². The first-order valence-corrected chi connectivity index (χ1v) is 7.48. The molecule has 0 spiro atoms. The molecule has 7 nitrogen and oxygen atoms in total. The van der Waals surface area contributed by atoms with E-state index in [0.29, 0.717) is 5.92 Å². The van der Waals surface area contributed by atoms with Crippen LogP contribution < -0.4 is 10.6 Å². The standard InChI is InChI=1S/C14H23N7/c1-9(15)11-4-6-21(7-5-11)14-17-13(18-19-14)12-8-16-20(3)10(12)2/h8-9,11H,4-7,15H2,1-3H3,(H,17,18,19). The van der Waals surface area contributed by atoms with Gasteiger partial charge in [-0.3, -0.25) is 9.78 Å². The van der Waals surface area contributed by atoms with Gasteiger partial charge >= 0.3 is 0 Å². The Bertz CT molecular complexity index is 605. The van der Waals surface area contributed by atoms with E-state index in [1.54, 1.807) is 0 Å². The molecular formula is C14H23N7. The van der Waals surface area contributed by atoms with Gasteiger partial charge in [-0.1, -0.05) is 0 Å². The van der Waals surface area contributed by atoms with Crippen LogP contribution in [0.4, 0.5) is 5.95 Å². The number of nitrogens with zero attached hydrogens (tertiary/aromatic N) is 5. The van der Waals surface area contributed by atoms with E-state index >= 15 is 0 Å². The molecule has 0 saturated carbocycles. The second-order valence-corrected chi connectivity index (χ2v) is 5.93. The third-order valence-corrected chi connectivity index (χ3v) is 4.53. The number of H-pyrrole nitrogens is 1. The smallest absolute Gasteiger partial charge is 0.245 e. The normalized spacial score (nSPS) is 18.2. The van der Waals surface area contributed by atoms with Gasteiger partial charge in [-0.15, -0.1) is 5.10 Å². The van der Waals surface area contributed by atoms with Gasteiger partial charge in [0.2, 0.25) is 5.95 Å². The third kappa shape index (κ3) is 2.65. The van der Waals surface area contributed by atoms with E-state index in [2.05, 4.69) is 32.1 Å². The van der Waals surface area contributed by atoms with Crippen molar-refractivity contribution < 1.29 is 0 Å². The zero-order valence-corrected chi connectivity index (χ0v) is 12.9. The first-order chi connectivity index (χ1) is 10.1. The molecule has 1 unspecified atom stereocenters. The summed E-state index contributed by atoms with van der Waals surface area (Å²) < 4.78 is 1.84. The summed E-state index contributed by atoms with van der Waals surface area (Å²) in [4.78, 5) is 6.85. The maximum Gasteiger partial charge on any atom is 0.245 e. The van der Waals surface area contributed by atoms with Crippen LogP contribution in [0.2, 0.25) is 0 Å². The molecule has 0 aromatic carbocycles. The van der Waals surface area contributed by atoms with Crippen molar-refractivity contribution in [2.75, 3.05) is 18.0 Å². The number of anilines is 1. The van der Waals surface area contributed by atoms with Crippen LogP contribution in [0.15, 0.2) is 6.20 Å². The minimum atomic E-state index is 0.271. The highest BCUT2D eigenvalue weighted by molar-refractivity contribution is 5.58. The van der Waals surface area contributed by atoms with Crippen LogP contribution >= 0.6 is 0 Å². The molecule has 2 aromatic heterocycles. The van der Waals surface area contributed by atoms with Crippen molar-refractivity contribution in [2.24, 2.45) is 18.7 Å². The Balaban J connectivity index is 1.73. The molecule has 0 bridgehead atoms. The highest BCUT2D eigenvalue weighted by Crippen LogP contribution is 2.25. The van der Waals surface area contributed by atoms with Crippen molar-refractivity contribution >= 4 is 5.95 Å². The van der Waals surface area contributed by atoms with Crippen molar-refractivity contribution in [1.82, 2.24) is 25.0 Å². The fraction of sp³-hybridized carbons (Fsp3) is 0.643. The summed E-state index contributed by atoms with van der Waals surface area (Å²) in [5.74, 6) is 2.17. The minimum absolute atomic E-state index is 0.271. The quantitative estimate of drug-likeness (QED) is 0.882. The molecule has 3 heterocycles. The molecule has 1 fully saturated rings. The summed E-state index contributed by atoms with van der Waals surface area (Å²) in [7, 11) is 1.93. The van der Waals surface area contributed by atoms with E-state index in [-0.39, 0.29) is 6.04 Å². The van der Waals surface area contributed by atoms with Gasteiger partial charge in [0.05, 0.1) is 11.8 Å². The Labute approximate surface area is 124 Å². The lowest BCUT2D eigenvalue weighted by Crippen LogP contribution is -2.40. The Morgan fingerprint density at radius 1 is 1.38 bits per heavy atom. The summed E-state index contributed by atoms with van der Waals surface area (Å²) in [5.41, 5.74) is 8.06. The van der Waals surface area contributed by atoms with Crippen molar-refractivity contribution in [1.29, 1.82) is 0 Å². The second kappa shape index (κ2) is 5.48. The van der Waals surface area contributed by atoms with E-state index in [1.165, 1.54) is 0 Å². The number of hydrogen-bond donors (Lipinski definition) is 2. The lowest BCUT2D eigenvalue weighted by Gasteiger charge is -2.32. The Morgan fingerprint density at radius 2 is 2.10 bits per heavy atom. The molecular weight excluding hydrogens is 266 g/mol. The summed E-state index contributed by atoms with van der Waals surface area (Å²) >= 11 is 0. The molecule has 114 valence electrons. The molecule has 1 saturated heterocycles. The molecule has 2 aromatic rings. The average Bonchev–Trinajstić information content (AvgIpc) is 3.07. The third-order valence-electron chi connectivity index (χ3n) is 4.53. The lowest BCUT2D eigenvalue weighted by atomic mass is 9.91. The molecule has 0 aliphatic carbocycles. The number of nitrogens with one attached hydrogen (secondary N) is 1. The summed E-state index contributed by atoms with van der Waals surface area (Å²) in [6.07, 6.45) is 4.03. The van der Waals surface area contributed by atoms with E-state index in [1.807, 2.05) is 24.9 Å². The van der Waals surface area contributed by atoms with Gasteiger partial charge in [-0.25, -0.2) is 0 Å². The molecule has 7 heteroatoms. The van der Waals surface area contributed by atoms with Gasteiger partial charge < -0.3 is 10.6 Å². The minimum Gasteiger partial charge on any atom is -0.340 e. The highest BCUT2D eigenvalue weighted by atomic mass is 15.4. The maximum atomic E-state index is 5.99. The summed E-state index contributed by atoms with van der Waals surface area (Å²) in [5, 5.41) is 11.6.